The third kappa shape index (κ3) is 3.61. The van der Waals surface area contributed by atoms with Crippen molar-refractivity contribution in [3.05, 3.63) is 39.3 Å². The summed E-state index contributed by atoms with van der Waals surface area (Å²) in [6.07, 6.45) is 0. The predicted molar refractivity (Wildman–Crippen MR) is 86.2 cm³/mol. The molecule has 0 saturated heterocycles. The molecule has 0 aliphatic carbocycles. The van der Waals surface area contributed by atoms with E-state index in [-0.39, 0.29) is 10.9 Å². The molecule has 0 aliphatic heterocycles. The lowest BCUT2D eigenvalue weighted by Gasteiger charge is -2.17. The minimum Gasteiger partial charge on any atom is -0.377 e. The first-order chi connectivity index (χ1) is 9.68. The summed E-state index contributed by atoms with van der Waals surface area (Å²) in [5.74, 6) is 0. The molecular weight excluding hydrogens is 306 g/mol. The maximum Gasteiger partial charge on any atom is 0.238 e. The normalized spacial score (nSPS) is 13.2. The van der Waals surface area contributed by atoms with Crippen molar-refractivity contribution in [2.45, 2.75) is 38.6 Å². The molecule has 7 heteroatoms. The Kier molecular flexibility index (Phi) is 4.36. The van der Waals surface area contributed by atoms with Gasteiger partial charge in [-0.15, -0.1) is 11.3 Å². The lowest BCUT2D eigenvalue weighted by molar-refractivity contribution is 0.597. The zero-order chi connectivity index (χ0) is 15.8. The Morgan fingerprint density at radius 1 is 1.29 bits per heavy atom. The quantitative estimate of drug-likeness (QED) is 0.905. The van der Waals surface area contributed by atoms with Crippen LogP contribution in [0.25, 0.3) is 0 Å². The molecule has 2 aromatic rings. The highest BCUT2D eigenvalue weighted by atomic mass is 32.2. The Hall–Kier alpha value is -1.44. The molecule has 0 bridgehead atoms. The number of nitrogens with zero attached hydrogens (tertiary/aromatic N) is 1. The first-order valence-corrected chi connectivity index (χ1v) is 8.93. The number of nitrogens with two attached hydrogens (primary N) is 1. The molecule has 3 N–H and O–H groups in total. The van der Waals surface area contributed by atoms with Crippen molar-refractivity contribution in [3.8, 4) is 0 Å². The van der Waals surface area contributed by atoms with Gasteiger partial charge in [0, 0.05) is 11.1 Å². The average Bonchev–Trinajstić information content (AvgIpc) is 2.80. The lowest BCUT2D eigenvalue weighted by Crippen LogP contribution is -2.14. The summed E-state index contributed by atoms with van der Waals surface area (Å²) in [6.45, 7) is 7.77. The summed E-state index contributed by atoms with van der Waals surface area (Å²) in [5, 5.41) is 11.5. The van der Waals surface area contributed by atoms with Crippen LogP contribution in [0.1, 0.15) is 34.8 Å². The molecule has 114 valence electrons. The Balaban J connectivity index is 2.37. The van der Waals surface area contributed by atoms with Gasteiger partial charge in [-0.1, -0.05) is 0 Å². The largest absolute Gasteiger partial charge is 0.377 e. The second-order valence-corrected chi connectivity index (χ2v) is 7.74. The Labute approximate surface area is 129 Å². The van der Waals surface area contributed by atoms with E-state index >= 15 is 0 Å². The first kappa shape index (κ1) is 15.9. The smallest absolute Gasteiger partial charge is 0.238 e. The molecule has 0 aliphatic rings. The van der Waals surface area contributed by atoms with Gasteiger partial charge in [0.25, 0.3) is 0 Å². The van der Waals surface area contributed by atoms with Crippen molar-refractivity contribution in [1.29, 1.82) is 0 Å². The van der Waals surface area contributed by atoms with E-state index in [9.17, 15) is 8.42 Å². The van der Waals surface area contributed by atoms with E-state index < -0.39 is 10.0 Å². The molecule has 0 radical (unpaired) electrons. The number of thiazole rings is 1. The number of hydrogen-bond donors (Lipinski definition) is 2. The van der Waals surface area contributed by atoms with E-state index in [0.717, 1.165) is 27.5 Å². The summed E-state index contributed by atoms with van der Waals surface area (Å²) < 4.78 is 23.1. The summed E-state index contributed by atoms with van der Waals surface area (Å²) in [5.41, 5.74) is 3.58. The van der Waals surface area contributed by atoms with Gasteiger partial charge in [-0.3, -0.25) is 0 Å². The molecular formula is C14H19N3O2S2. The van der Waals surface area contributed by atoms with Crippen LogP contribution in [0.15, 0.2) is 22.4 Å². The second kappa shape index (κ2) is 5.75. The van der Waals surface area contributed by atoms with Gasteiger partial charge >= 0.3 is 0 Å². The molecule has 1 unspecified atom stereocenters. The van der Waals surface area contributed by atoms with Crippen LogP contribution < -0.4 is 10.5 Å². The zero-order valence-electron chi connectivity index (χ0n) is 12.5. The number of aryl methyl sites for hydroxylation is 2. The van der Waals surface area contributed by atoms with E-state index in [1.165, 1.54) is 0 Å². The predicted octanol–water partition coefficient (Wildman–Crippen LogP) is 2.89. The van der Waals surface area contributed by atoms with Gasteiger partial charge in [-0.25, -0.2) is 18.5 Å². The Bertz CT molecular complexity index is 767. The van der Waals surface area contributed by atoms with E-state index in [4.69, 9.17) is 5.14 Å². The molecule has 1 aromatic carbocycles. The molecule has 0 amide bonds. The van der Waals surface area contributed by atoms with Crippen molar-refractivity contribution < 1.29 is 8.42 Å². The van der Waals surface area contributed by atoms with Crippen molar-refractivity contribution in [1.82, 2.24) is 4.98 Å². The summed E-state index contributed by atoms with van der Waals surface area (Å²) in [4.78, 5) is 4.56. The topological polar surface area (TPSA) is 85.1 Å². The third-order valence-electron chi connectivity index (χ3n) is 3.42. The van der Waals surface area contributed by atoms with Crippen LogP contribution in [0.3, 0.4) is 0 Å². The van der Waals surface area contributed by atoms with Crippen molar-refractivity contribution in [3.63, 3.8) is 0 Å². The minimum absolute atomic E-state index is 0.0104. The van der Waals surface area contributed by atoms with Gasteiger partial charge in [-0.2, -0.15) is 0 Å². The van der Waals surface area contributed by atoms with Crippen LogP contribution in [0.5, 0.6) is 0 Å². The van der Waals surface area contributed by atoms with Gasteiger partial charge < -0.3 is 5.32 Å². The molecule has 1 heterocycles. The molecule has 1 atom stereocenters. The van der Waals surface area contributed by atoms with E-state index in [0.29, 0.717) is 0 Å². The van der Waals surface area contributed by atoms with Gasteiger partial charge in [0.05, 0.1) is 21.6 Å². The van der Waals surface area contributed by atoms with Gasteiger partial charge in [0.2, 0.25) is 10.0 Å². The van der Waals surface area contributed by atoms with E-state index in [2.05, 4.69) is 10.3 Å². The summed E-state index contributed by atoms with van der Waals surface area (Å²) >= 11 is 1.59. The highest BCUT2D eigenvalue weighted by molar-refractivity contribution is 7.89. The van der Waals surface area contributed by atoms with Crippen LogP contribution >= 0.6 is 11.3 Å². The van der Waals surface area contributed by atoms with E-state index in [1.54, 1.807) is 23.5 Å². The van der Waals surface area contributed by atoms with Gasteiger partial charge in [0.15, 0.2) is 0 Å². The van der Waals surface area contributed by atoms with Crippen molar-refractivity contribution >= 4 is 27.0 Å². The lowest BCUT2D eigenvalue weighted by atomic mass is 10.1. The average molecular weight is 325 g/mol. The molecule has 1 aromatic heterocycles. The van der Waals surface area contributed by atoms with Crippen molar-refractivity contribution in [2.24, 2.45) is 5.14 Å². The number of hydrogen-bond acceptors (Lipinski definition) is 5. The Morgan fingerprint density at radius 3 is 2.48 bits per heavy atom. The summed E-state index contributed by atoms with van der Waals surface area (Å²) in [6, 6.07) is 3.16. The highest BCUT2D eigenvalue weighted by Crippen LogP contribution is 2.27. The highest BCUT2D eigenvalue weighted by Gasteiger charge is 2.15. The van der Waals surface area contributed by atoms with Crippen LogP contribution in [-0.2, 0) is 10.0 Å². The number of anilines is 1. The fraction of sp³-hybridized carbons (Fsp3) is 0.357. The second-order valence-electron chi connectivity index (χ2n) is 5.12. The number of benzene rings is 1. The monoisotopic (exact) mass is 325 g/mol. The molecule has 21 heavy (non-hydrogen) atoms. The SMILES string of the molecule is Cc1nc(C(C)Nc2cc(S(N)(=O)=O)cc(C)c2C)cs1. The molecule has 2 rings (SSSR count). The maximum absolute atomic E-state index is 11.5. The first-order valence-electron chi connectivity index (χ1n) is 6.51. The maximum atomic E-state index is 11.5. The molecule has 5 nitrogen and oxygen atoms in total. The van der Waals surface area contributed by atoms with Crippen molar-refractivity contribution in [2.75, 3.05) is 5.32 Å². The van der Waals surface area contributed by atoms with E-state index in [1.807, 2.05) is 33.1 Å². The number of primary sulfonamides is 1. The van der Waals surface area contributed by atoms with Crippen LogP contribution in [0, 0.1) is 20.8 Å². The molecule has 0 spiro atoms. The molecule has 0 fully saturated rings. The fourth-order valence-corrected chi connectivity index (χ4v) is 3.36. The number of nitrogens with one attached hydrogen (secondary N) is 1. The number of rotatable bonds is 4. The zero-order valence-corrected chi connectivity index (χ0v) is 14.1. The number of aromatic nitrogens is 1. The standard InChI is InChI=1S/C14H19N3O2S2/c1-8-5-12(21(15,18)19)6-13(9(8)2)16-10(3)14-7-20-11(4)17-14/h5-7,10,16H,1-4H3,(H2,15,18,19). The fourth-order valence-electron chi connectivity index (χ4n) is 2.03. The van der Waals surface area contributed by atoms with Gasteiger partial charge in [-0.05, 0) is 51.0 Å². The third-order valence-corrected chi connectivity index (χ3v) is 5.11. The molecule has 0 saturated carbocycles. The van der Waals surface area contributed by atoms with Gasteiger partial charge in [0.1, 0.15) is 0 Å². The minimum atomic E-state index is -3.71. The van der Waals surface area contributed by atoms with Crippen LogP contribution in [0.4, 0.5) is 5.69 Å². The van der Waals surface area contributed by atoms with Crippen LogP contribution in [-0.4, -0.2) is 13.4 Å². The Morgan fingerprint density at radius 2 is 1.95 bits per heavy atom. The van der Waals surface area contributed by atoms with Crippen LogP contribution in [0.2, 0.25) is 0 Å². The summed E-state index contributed by atoms with van der Waals surface area (Å²) in [7, 11) is -3.71. The number of sulfonamides is 1.